The highest BCUT2D eigenvalue weighted by Gasteiger charge is 2.53. The van der Waals surface area contributed by atoms with E-state index >= 15 is 0 Å². The molecule has 4 nitrogen and oxygen atoms in total. The monoisotopic (exact) mass is 266 g/mol. The molecule has 0 aromatic carbocycles. The Labute approximate surface area is 115 Å². The number of likely N-dealkylation sites (tertiary alicyclic amines) is 1. The number of aliphatic hydroxyl groups is 1. The van der Waals surface area contributed by atoms with Crippen molar-refractivity contribution in [3.63, 3.8) is 0 Å². The average Bonchev–Trinajstić information content (AvgIpc) is 3.29. The van der Waals surface area contributed by atoms with Crippen LogP contribution in [0.1, 0.15) is 51.4 Å². The maximum absolute atomic E-state index is 12.3. The second-order valence-electron chi connectivity index (χ2n) is 6.65. The zero-order chi connectivity index (χ0) is 13.3. The molecule has 1 unspecified atom stereocenters. The SMILES string of the molecule is O=C(NCC1(C2CC2)CC1)N1CCCCC1CCO. The van der Waals surface area contributed by atoms with E-state index in [4.69, 9.17) is 5.11 Å². The standard InChI is InChI=1S/C15H26N2O2/c18-10-6-13-3-1-2-9-17(13)14(19)16-11-15(7-8-15)12-4-5-12/h12-13,18H,1-11H2,(H,16,19). The number of carbonyl (C=O) groups is 1. The summed E-state index contributed by atoms with van der Waals surface area (Å²) in [6, 6.07) is 0.347. The Balaban J connectivity index is 1.50. The van der Waals surface area contributed by atoms with Gasteiger partial charge in [-0.3, -0.25) is 0 Å². The Morgan fingerprint density at radius 2 is 2.05 bits per heavy atom. The van der Waals surface area contributed by atoms with Crippen LogP contribution in [0.3, 0.4) is 0 Å². The molecule has 3 rings (SSSR count). The van der Waals surface area contributed by atoms with E-state index in [9.17, 15) is 4.79 Å². The van der Waals surface area contributed by atoms with Gasteiger partial charge in [-0.2, -0.15) is 0 Å². The Morgan fingerprint density at radius 3 is 2.68 bits per heavy atom. The van der Waals surface area contributed by atoms with E-state index in [0.29, 0.717) is 5.41 Å². The molecule has 19 heavy (non-hydrogen) atoms. The third-order valence-corrected chi connectivity index (χ3v) is 5.28. The Morgan fingerprint density at radius 1 is 1.26 bits per heavy atom. The molecule has 0 aromatic heterocycles. The predicted molar refractivity (Wildman–Crippen MR) is 73.8 cm³/mol. The molecule has 1 saturated heterocycles. The zero-order valence-corrected chi connectivity index (χ0v) is 11.7. The van der Waals surface area contributed by atoms with E-state index in [1.807, 2.05) is 4.90 Å². The first kappa shape index (κ1) is 13.2. The van der Waals surface area contributed by atoms with Crippen LogP contribution in [-0.2, 0) is 0 Å². The molecule has 2 N–H and O–H groups in total. The Hall–Kier alpha value is -0.770. The minimum atomic E-state index is 0.102. The molecule has 3 fully saturated rings. The lowest BCUT2D eigenvalue weighted by Gasteiger charge is -2.36. The van der Waals surface area contributed by atoms with Gasteiger partial charge in [0.15, 0.2) is 0 Å². The summed E-state index contributed by atoms with van der Waals surface area (Å²) in [5.74, 6) is 0.891. The number of amides is 2. The van der Waals surface area contributed by atoms with Gasteiger partial charge in [-0.05, 0) is 62.7 Å². The van der Waals surface area contributed by atoms with E-state index in [0.717, 1.165) is 38.3 Å². The fraction of sp³-hybridized carbons (Fsp3) is 0.933. The van der Waals surface area contributed by atoms with Crippen molar-refractivity contribution in [3.8, 4) is 0 Å². The maximum atomic E-state index is 12.3. The molecule has 0 radical (unpaired) electrons. The summed E-state index contributed by atoms with van der Waals surface area (Å²) in [5.41, 5.74) is 0.470. The van der Waals surface area contributed by atoms with Gasteiger partial charge in [0, 0.05) is 25.7 Å². The van der Waals surface area contributed by atoms with Crippen LogP contribution in [-0.4, -0.2) is 41.8 Å². The number of nitrogens with zero attached hydrogens (tertiary/aromatic N) is 1. The van der Waals surface area contributed by atoms with Crippen LogP contribution in [0.5, 0.6) is 0 Å². The second-order valence-corrected chi connectivity index (χ2v) is 6.65. The molecule has 4 heteroatoms. The van der Waals surface area contributed by atoms with Gasteiger partial charge in [-0.15, -0.1) is 0 Å². The summed E-state index contributed by atoms with van der Waals surface area (Å²) in [4.78, 5) is 14.3. The molecular weight excluding hydrogens is 240 g/mol. The van der Waals surface area contributed by atoms with Crippen LogP contribution in [0.25, 0.3) is 0 Å². The first-order chi connectivity index (χ1) is 9.25. The maximum Gasteiger partial charge on any atom is 0.317 e. The minimum Gasteiger partial charge on any atom is -0.396 e. The number of hydrogen-bond donors (Lipinski definition) is 2. The molecule has 2 amide bonds. The molecule has 0 spiro atoms. The molecule has 2 aliphatic carbocycles. The highest BCUT2D eigenvalue weighted by molar-refractivity contribution is 5.74. The molecule has 1 aliphatic heterocycles. The van der Waals surface area contributed by atoms with E-state index in [1.165, 1.54) is 32.1 Å². The molecule has 1 atom stereocenters. The fourth-order valence-corrected chi connectivity index (χ4v) is 3.66. The van der Waals surface area contributed by atoms with Crippen molar-refractivity contribution in [1.29, 1.82) is 0 Å². The number of rotatable bonds is 5. The van der Waals surface area contributed by atoms with Gasteiger partial charge in [0.25, 0.3) is 0 Å². The molecular formula is C15H26N2O2. The van der Waals surface area contributed by atoms with Crippen LogP contribution in [0.15, 0.2) is 0 Å². The van der Waals surface area contributed by atoms with E-state index < -0.39 is 0 Å². The van der Waals surface area contributed by atoms with Gasteiger partial charge >= 0.3 is 6.03 Å². The summed E-state index contributed by atoms with van der Waals surface area (Å²) in [5, 5.41) is 12.3. The van der Waals surface area contributed by atoms with E-state index in [2.05, 4.69) is 5.32 Å². The lowest BCUT2D eigenvalue weighted by molar-refractivity contribution is 0.130. The summed E-state index contributed by atoms with van der Waals surface area (Å²) >= 11 is 0. The third-order valence-electron chi connectivity index (χ3n) is 5.28. The van der Waals surface area contributed by atoms with Crippen molar-refractivity contribution in [2.45, 2.75) is 57.4 Å². The van der Waals surface area contributed by atoms with Gasteiger partial charge in [0.05, 0.1) is 0 Å². The highest BCUT2D eigenvalue weighted by atomic mass is 16.3. The Bertz CT molecular complexity index is 335. The zero-order valence-electron chi connectivity index (χ0n) is 11.7. The fourth-order valence-electron chi connectivity index (χ4n) is 3.66. The van der Waals surface area contributed by atoms with Gasteiger partial charge in [-0.1, -0.05) is 0 Å². The molecule has 3 aliphatic rings. The van der Waals surface area contributed by atoms with Crippen LogP contribution in [0.2, 0.25) is 0 Å². The van der Waals surface area contributed by atoms with Crippen molar-refractivity contribution >= 4 is 6.03 Å². The number of piperidine rings is 1. The number of carbonyl (C=O) groups excluding carboxylic acids is 1. The van der Waals surface area contributed by atoms with Crippen LogP contribution >= 0.6 is 0 Å². The van der Waals surface area contributed by atoms with Gasteiger partial charge in [-0.25, -0.2) is 4.79 Å². The van der Waals surface area contributed by atoms with Crippen LogP contribution in [0, 0.1) is 11.3 Å². The Kier molecular flexibility index (Phi) is 3.70. The highest BCUT2D eigenvalue weighted by Crippen LogP contribution is 2.60. The lowest BCUT2D eigenvalue weighted by atomic mass is 9.99. The van der Waals surface area contributed by atoms with Gasteiger partial charge in [0.2, 0.25) is 0 Å². The van der Waals surface area contributed by atoms with Crippen molar-refractivity contribution in [3.05, 3.63) is 0 Å². The van der Waals surface area contributed by atoms with Crippen molar-refractivity contribution < 1.29 is 9.90 Å². The first-order valence-corrected chi connectivity index (χ1v) is 7.90. The quantitative estimate of drug-likeness (QED) is 0.801. The van der Waals surface area contributed by atoms with E-state index in [-0.39, 0.29) is 18.7 Å². The molecule has 0 bridgehead atoms. The topological polar surface area (TPSA) is 52.6 Å². The first-order valence-electron chi connectivity index (χ1n) is 7.90. The van der Waals surface area contributed by atoms with E-state index in [1.54, 1.807) is 0 Å². The van der Waals surface area contributed by atoms with Crippen molar-refractivity contribution in [1.82, 2.24) is 10.2 Å². The largest absolute Gasteiger partial charge is 0.396 e. The predicted octanol–water partition coefficient (Wildman–Crippen LogP) is 2.12. The molecule has 1 heterocycles. The van der Waals surface area contributed by atoms with Crippen LogP contribution in [0.4, 0.5) is 4.79 Å². The van der Waals surface area contributed by atoms with Gasteiger partial charge < -0.3 is 15.3 Å². The number of aliphatic hydroxyl groups excluding tert-OH is 1. The minimum absolute atomic E-state index is 0.102. The van der Waals surface area contributed by atoms with Crippen LogP contribution < -0.4 is 5.32 Å². The summed E-state index contributed by atoms with van der Waals surface area (Å²) < 4.78 is 0. The third kappa shape index (κ3) is 2.88. The smallest absolute Gasteiger partial charge is 0.317 e. The number of nitrogens with one attached hydrogen (secondary N) is 1. The van der Waals surface area contributed by atoms with Crippen molar-refractivity contribution in [2.75, 3.05) is 19.7 Å². The average molecular weight is 266 g/mol. The summed E-state index contributed by atoms with van der Waals surface area (Å²) in [7, 11) is 0. The second kappa shape index (κ2) is 5.31. The summed E-state index contributed by atoms with van der Waals surface area (Å²) in [6.07, 6.45) is 9.39. The normalized spacial score (nSPS) is 29.1. The van der Waals surface area contributed by atoms with Crippen molar-refractivity contribution in [2.24, 2.45) is 11.3 Å². The molecule has 0 aromatic rings. The molecule has 108 valence electrons. The number of hydrogen-bond acceptors (Lipinski definition) is 2. The molecule has 2 saturated carbocycles. The number of urea groups is 1. The van der Waals surface area contributed by atoms with Gasteiger partial charge in [0.1, 0.15) is 0 Å². The summed E-state index contributed by atoms with van der Waals surface area (Å²) in [6.45, 7) is 1.91. The lowest BCUT2D eigenvalue weighted by Crippen LogP contribution is -2.50.